The first-order valence-corrected chi connectivity index (χ1v) is 11.2. The lowest BCUT2D eigenvalue weighted by atomic mass is 9.97. The zero-order valence-corrected chi connectivity index (χ0v) is 19.9. The first-order valence-electron chi connectivity index (χ1n) is 11.2. The van der Waals surface area contributed by atoms with Crippen molar-refractivity contribution in [3.63, 3.8) is 0 Å². The maximum atomic E-state index is 13.0. The van der Waals surface area contributed by atoms with E-state index in [9.17, 15) is 4.79 Å². The molecule has 0 bridgehead atoms. The molecule has 0 fully saturated rings. The quantitative estimate of drug-likeness (QED) is 0.307. The van der Waals surface area contributed by atoms with Gasteiger partial charge < -0.3 is 18.8 Å². The molecule has 0 aliphatic heterocycles. The Kier molecular flexibility index (Phi) is 7.14. The van der Waals surface area contributed by atoms with E-state index in [1.165, 1.54) is 0 Å². The Morgan fingerprint density at radius 3 is 2.32 bits per heavy atom. The molecule has 1 heterocycles. The van der Waals surface area contributed by atoms with Crippen LogP contribution in [0.1, 0.15) is 18.1 Å². The molecule has 0 saturated carbocycles. The molecular formula is C29H29NO4. The summed E-state index contributed by atoms with van der Waals surface area (Å²) in [4.78, 5) is 15.1. The highest BCUT2D eigenvalue weighted by atomic mass is 16.5. The molecule has 34 heavy (non-hydrogen) atoms. The Bertz CT molecular complexity index is 1340. The molecule has 0 spiro atoms. The topological polar surface area (TPSA) is 51.9 Å². The van der Waals surface area contributed by atoms with Gasteiger partial charge in [-0.3, -0.25) is 0 Å². The Balaban J connectivity index is 1.72. The van der Waals surface area contributed by atoms with Crippen molar-refractivity contribution in [1.29, 1.82) is 0 Å². The first-order chi connectivity index (χ1) is 16.4. The second-order valence-corrected chi connectivity index (χ2v) is 8.50. The van der Waals surface area contributed by atoms with E-state index in [2.05, 4.69) is 11.8 Å². The second-order valence-electron chi connectivity index (χ2n) is 8.50. The van der Waals surface area contributed by atoms with Crippen molar-refractivity contribution < 1.29 is 13.9 Å². The molecule has 0 radical (unpaired) electrons. The molecule has 5 nitrogen and oxygen atoms in total. The molecule has 0 amide bonds. The highest BCUT2D eigenvalue weighted by Gasteiger charge is 2.15. The molecule has 1 aromatic heterocycles. The van der Waals surface area contributed by atoms with E-state index in [0.717, 1.165) is 34.4 Å². The summed E-state index contributed by atoms with van der Waals surface area (Å²) in [6, 6.07) is 23.1. The summed E-state index contributed by atoms with van der Waals surface area (Å²) in [5.74, 6) is 1.46. The van der Waals surface area contributed by atoms with Crippen molar-refractivity contribution in [2.45, 2.75) is 13.0 Å². The number of fused-ring (bicyclic) bond motifs is 1. The minimum Gasteiger partial charge on any atom is -0.497 e. The van der Waals surface area contributed by atoms with Gasteiger partial charge in [-0.05, 0) is 56.4 Å². The first kappa shape index (κ1) is 23.3. The number of benzene rings is 3. The maximum Gasteiger partial charge on any atom is 0.344 e. The molecule has 4 aromatic rings. The predicted octanol–water partition coefficient (Wildman–Crippen LogP) is 5.97. The van der Waals surface area contributed by atoms with Crippen molar-refractivity contribution in [3.8, 4) is 22.6 Å². The van der Waals surface area contributed by atoms with Crippen LogP contribution in [0, 0.1) is 0 Å². The third-order valence-corrected chi connectivity index (χ3v) is 5.50. The number of methoxy groups -OCH3 is 1. The highest BCUT2D eigenvalue weighted by molar-refractivity contribution is 5.96. The largest absolute Gasteiger partial charge is 0.497 e. The fourth-order valence-corrected chi connectivity index (χ4v) is 4.00. The lowest BCUT2D eigenvalue weighted by Crippen LogP contribution is -2.27. The molecule has 174 valence electrons. The van der Waals surface area contributed by atoms with Crippen LogP contribution in [0.5, 0.6) is 11.5 Å². The molecule has 0 aliphatic carbocycles. The average molecular weight is 456 g/mol. The summed E-state index contributed by atoms with van der Waals surface area (Å²) in [7, 11) is 5.65. The van der Waals surface area contributed by atoms with Gasteiger partial charge in [0, 0.05) is 23.6 Å². The SMILES string of the molecule is COc1ccc2c(/C=C/c3ccc(OC(C)CN(C)C)cc3)c(-c3ccccc3)c(=O)oc2c1. The fourth-order valence-electron chi connectivity index (χ4n) is 4.00. The molecule has 5 heteroatoms. The van der Waals surface area contributed by atoms with Crippen LogP contribution in [0.4, 0.5) is 0 Å². The zero-order chi connectivity index (χ0) is 24.1. The van der Waals surface area contributed by atoms with Crippen LogP contribution in [0.15, 0.2) is 82.0 Å². The van der Waals surface area contributed by atoms with Crippen molar-refractivity contribution in [1.82, 2.24) is 4.90 Å². The monoisotopic (exact) mass is 455 g/mol. The van der Waals surface area contributed by atoms with Crippen LogP contribution < -0.4 is 15.1 Å². The fraction of sp³-hybridized carbons (Fsp3) is 0.207. The minimum atomic E-state index is -0.384. The lowest BCUT2D eigenvalue weighted by molar-refractivity contribution is 0.177. The van der Waals surface area contributed by atoms with Crippen molar-refractivity contribution in [2.75, 3.05) is 27.7 Å². The average Bonchev–Trinajstić information content (AvgIpc) is 2.82. The molecule has 0 aliphatic rings. The number of likely N-dealkylation sites (N-methyl/N-ethyl adjacent to an activating group) is 1. The Labute approximate surface area is 199 Å². The maximum absolute atomic E-state index is 13.0. The van der Waals surface area contributed by atoms with E-state index in [0.29, 0.717) is 16.9 Å². The van der Waals surface area contributed by atoms with Gasteiger partial charge in [-0.15, -0.1) is 0 Å². The standard InChI is InChI=1S/C29H29NO4/c1-20(19-30(2)3)33-23-13-10-21(11-14-23)12-16-26-25-17-15-24(32-4)18-27(25)34-29(31)28(26)22-8-6-5-7-9-22/h5-18,20H,19H2,1-4H3/b16-12+. The summed E-state index contributed by atoms with van der Waals surface area (Å²) >= 11 is 0. The molecule has 1 atom stereocenters. The normalized spacial score (nSPS) is 12.4. The third kappa shape index (κ3) is 5.38. The van der Waals surface area contributed by atoms with E-state index in [4.69, 9.17) is 13.9 Å². The third-order valence-electron chi connectivity index (χ3n) is 5.50. The molecular weight excluding hydrogens is 426 g/mol. The smallest absolute Gasteiger partial charge is 0.344 e. The molecule has 1 unspecified atom stereocenters. The van der Waals surface area contributed by atoms with E-state index >= 15 is 0 Å². The van der Waals surface area contributed by atoms with Gasteiger partial charge in [0.1, 0.15) is 23.2 Å². The van der Waals surface area contributed by atoms with Gasteiger partial charge in [0.05, 0.1) is 12.7 Å². The van der Waals surface area contributed by atoms with Crippen molar-refractivity contribution in [2.24, 2.45) is 0 Å². The summed E-state index contributed by atoms with van der Waals surface area (Å²) in [6.07, 6.45) is 4.06. The minimum absolute atomic E-state index is 0.0942. The zero-order valence-electron chi connectivity index (χ0n) is 19.9. The summed E-state index contributed by atoms with van der Waals surface area (Å²) in [6.45, 7) is 2.90. The van der Waals surface area contributed by atoms with Gasteiger partial charge in [0.25, 0.3) is 0 Å². The van der Waals surface area contributed by atoms with Crippen LogP contribution in [-0.4, -0.2) is 38.8 Å². The van der Waals surface area contributed by atoms with Crippen LogP contribution in [0.25, 0.3) is 34.2 Å². The van der Waals surface area contributed by atoms with E-state index in [-0.39, 0.29) is 11.7 Å². The predicted molar refractivity (Wildman–Crippen MR) is 138 cm³/mol. The lowest BCUT2D eigenvalue weighted by Gasteiger charge is -2.18. The number of ether oxygens (including phenoxy) is 2. The van der Waals surface area contributed by atoms with Crippen LogP contribution in [-0.2, 0) is 0 Å². The Morgan fingerprint density at radius 1 is 0.941 bits per heavy atom. The molecule has 4 rings (SSSR count). The van der Waals surface area contributed by atoms with Crippen LogP contribution in [0.3, 0.4) is 0 Å². The van der Waals surface area contributed by atoms with Gasteiger partial charge in [0.2, 0.25) is 0 Å². The van der Waals surface area contributed by atoms with E-state index < -0.39 is 0 Å². The van der Waals surface area contributed by atoms with E-state index in [1.807, 2.05) is 93.0 Å². The molecule has 0 N–H and O–H groups in total. The highest BCUT2D eigenvalue weighted by Crippen LogP contribution is 2.31. The Hall–Kier alpha value is -3.83. The van der Waals surface area contributed by atoms with Gasteiger partial charge in [0.15, 0.2) is 0 Å². The van der Waals surface area contributed by atoms with Gasteiger partial charge in [-0.2, -0.15) is 0 Å². The number of hydrogen-bond acceptors (Lipinski definition) is 5. The number of hydrogen-bond donors (Lipinski definition) is 0. The van der Waals surface area contributed by atoms with E-state index in [1.54, 1.807) is 13.2 Å². The summed E-state index contributed by atoms with van der Waals surface area (Å²) in [5, 5.41) is 0.841. The van der Waals surface area contributed by atoms with Crippen molar-refractivity contribution >= 4 is 23.1 Å². The number of nitrogens with zero attached hydrogens (tertiary/aromatic N) is 1. The summed E-state index contributed by atoms with van der Waals surface area (Å²) in [5.41, 5.74) is 3.26. The summed E-state index contributed by atoms with van der Waals surface area (Å²) < 4.78 is 17.0. The van der Waals surface area contributed by atoms with Crippen molar-refractivity contribution in [3.05, 3.63) is 94.3 Å². The Morgan fingerprint density at radius 2 is 1.65 bits per heavy atom. The van der Waals surface area contributed by atoms with Crippen LogP contribution >= 0.6 is 0 Å². The van der Waals surface area contributed by atoms with Gasteiger partial charge >= 0.3 is 5.63 Å². The van der Waals surface area contributed by atoms with Gasteiger partial charge in [-0.25, -0.2) is 4.79 Å². The second kappa shape index (κ2) is 10.4. The molecule has 0 saturated heterocycles. The van der Waals surface area contributed by atoms with Crippen LogP contribution in [0.2, 0.25) is 0 Å². The molecule has 3 aromatic carbocycles. The number of rotatable bonds is 8. The van der Waals surface area contributed by atoms with Gasteiger partial charge in [-0.1, -0.05) is 54.6 Å².